The van der Waals surface area contributed by atoms with Gasteiger partial charge in [0.25, 0.3) is 0 Å². The molecule has 0 bridgehead atoms. The summed E-state index contributed by atoms with van der Waals surface area (Å²) in [6, 6.07) is 190. The number of hydrogen-bond acceptors (Lipinski definition) is 2. The molecule has 4 aromatic heterocycles. The van der Waals surface area contributed by atoms with Crippen LogP contribution < -0.4 is 9.80 Å². The Morgan fingerprint density at radius 2 is 0.329 bits per heavy atom. The summed E-state index contributed by atoms with van der Waals surface area (Å²) in [7, 11) is 0. The number of fused-ring (bicyclic) bond motifs is 35. The number of aromatic nitrogens is 4. The number of anilines is 6. The van der Waals surface area contributed by atoms with E-state index < -0.39 is 0 Å². The van der Waals surface area contributed by atoms with Gasteiger partial charge >= 0.3 is 0 Å². The summed E-state index contributed by atoms with van der Waals surface area (Å²) in [6.45, 7) is 0. The highest BCUT2D eigenvalue weighted by molar-refractivity contribution is 6.40. The van der Waals surface area contributed by atoms with E-state index in [1.54, 1.807) is 0 Å². The molecule has 0 fully saturated rings. The maximum atomic E-state index is 2.48. The predicted octanol–water partition coefficient (Wildman–Crippen LogP) is 37.1. The van der Waals surface area contributed by atoms with E-state index in [2.05, 4.69) is 550 Å². The van der Waals surface area contributed by atoms with Crippen LogP contribution in [0.2, 0.25) is 0 Å². The molecule has 140 heavy (non-hydrogen) atoms. The topological polar surface area (TPSA) is 26.2 Å². The standard InChI is InChI=1S/2C46H30N2.C42H26N2/c2*1-2-15-34(16-3-1)47(37-24-22-31-12-4-5-14-33(31)30-37)35-25-27-36(28-26-35)48-43-21-11-10-20-42(43)45-44-38-17-7-6-13-32(38)23-29-40(44)39-18-8-9-19-41(39)46(45)48;1-2-12-30-27(11-1)21-26-34-31-13-3-4-16-35(31)42-41(40(30)34)36-17-7-10-20-39(36)44(42)29-24-22-28(23-25-29)43-37-18-8-5-14-32(37)33-15-6-9-19-38(33)43/h2*1-30H;1-26H. The van der Waals surface area contributed by atoms with Crippen molar-refractivity contribution in [2.45, 2.75) is 0 Å². The van der Waals surface area contributed by atoms with Crippen molar-refractivity contribution >= 4 is 240 Å². The van der Waals surface area contributed by atoms with Crippen LogP contribution >= 0.6 is 0 Å². The third kappa shape index (κ3) is 12.7. The third-order valence-corrected chi connectivity index (χ3v) is 29.3. The minimum absolute atomic E-state index is 1.11. The summed E-state index contributed by atoms with van der Waals surface area (Å²) in [5.74, 6) is 0. The average molecular weight is 1780 g/mol. The van der Waals surface area contributed by atoms with Crippen molar-refractivity contribution in [3.63, 3.8) is 0 Å². The van der Waals surface area contributed by atoms with Crippen LogP contribution in [0.25, 0.3) is 228 Å². The van der Waals surface area contributed by atoms with Crippen molar-refractivity contribution in [3.05, 3.63) is 522 Å². The third-order valence-electron chi connectivity index (χ3n) is 29.3. The number of rotatable bonds is 10. The van der Waals surface area contributed by atoms with Gasteiger partial charge in [0, 0.05) is 132 Å². The Morgan fingerprint density at radius 1 is 0.114 bits per heavy atom. The maximum Gasteiger partial charge on any atom is 0.0626 e. The summed E-state index contributed by atoms with van der Waals surface area (Å²) < 4.78 is 9.81. The van der Waals surface area contributed by atoms with Crippen LogP contribution in [0.5, 0.6) is 0 Å². The molecule has 0 saturated carbocycles. The molecule has 0 atom stereocenters. The molecule has 0 aliphatic rings. The Hall–Kier alpha value is -18.6. The number of nitrogens with zero attached hydrogens (tertiary/aromatic N) is 6. The van der Waals surface area contributed by atoms with Crippen LogP contribution in [0.3, 0.4) is 0 Å². The fourth-order valence-corrected chi connectivity index (χ4v) is 23.3. The molecule has 0 amide bonds. The molecule has 30 rings (SSSR count). The summed E-state index contributed by atoms with van der Waals surface area (Å²) in [4.78, 5) is 4.69. The average Bonchev–Trinajstić information content (AvgIpc) is 1.41. The van der Waals surface area contributed by atoms with Crippen molar-refractivity contribution in [1.82, 2.24) is 18.3 Å². The van der Waals surface area contributed by atoms with Crippen LogP contribution in [0.15, 0.2) is 522 Å². The van der Waals surface area contributed by atoms with Gasteiger partial charge in [-0.2, -0.15) is 0 Å². The van der Waals surface area contributed by atoms with E-state index in [1.165, 1.54) is 206 Å². The first-order valence-electron chi connectivity index (χ1n) is 48.3. The first-order valence-corrected chi connectivity index (χ1v) is 48.3. The molecule has 0 aliphatic carbocycles. The van der Waals surface area contributed by atoms with E-state index in [-0.39, 0.29) is 0 Å². The molecule has 0 radical (unpaired) electrons. The molecular weight excluding hydrogens is 1690 g/mol. The molecule has 0 aliphatic heterocycles. The normalized spacial score (nSPS) is 11.9. The van der Waals surface area contributed by atoms with Gasteiger partial charge in [0.1, 0.15) is 0 Å². The van der Waals surface area contributed by atoms with Gasteiger partial charge in [0.15, 0.2) is 0 Å². The Balaban J connectivity index is 0.000000103. The lowest BCUT2D eigenvalue weighted by Gasteiger charge is -2.26. The van der Waals surface area contributed by atoms with Gasteiger partial charge in [-0.1, -0.05) is 370 Å². The van der Waals surface area contributed by atoms with Crippen LogP contribution in [-0.2, 0) is 0 Å². The van der Waals surface area contributed by atoms with Gasteiger partial charge in [-0.05, 0) is 238 Å². The van der Waals surface area contributed by atoms with E-state index in [1.807, 2.05) is 0 Å². The molecule has 0 N–H and O–H groups in total. The maximum absolute atomic E-state index is 2.48. The van der Waals surface area contributed by atoms with Gasteiger partial charge in [0.2, 0.25) is 0 Å². The van der Waals surface area contributed by atoms with E-state index in [9.17, 15) is 0 Å². The predicted molar refractivity (Wildman–Crippen MR) is 599 cm³/mol. The Morgan fingerprint density at radius 3 is 0.650 bits per heavy atom. The monoisotopic (exact) mass is 1780 g/mol. The summed E-state index contributed by atoms with van der Waals surface area (Å²) >= 11 is 0. The quantitative estimate of drug-likeness (QED) is 0.128. The van der Waals surface area contributed by atoms with E-state index in [0.717, 1.165) is 56.9 Å². The zero-order valence-electron chi connectivity index (χ0n) is 76.3. The zero-order valence-corrected chi connectivity index (χ0v) is 76.3. The van der Waals surface area contributed by atoms with Gasteiger partial charge in [-0.3, -0.25) is 0 Å². The first kappa shape index (κ1) is 79.9. The van der Waals surface area contributed by atoms with Crippen LogP contribution in [0.4, 0.5) is 34.1 Å². The second-order valence-corrected chi connectivity index (χ2v) is 36.8. The lowest BCUT2D eigenvalue weighted by atomic mass is 9.93. The highest BCUT2D eigenvalue weighted by Gasteiger charge is 2.27. The first-order chi connectivity index (χ1) is 69.5. The molecule has 30 aromatic rings. The zero-order chi connectivity index (χ0) is 92.0. The van der Waals surface area contributed by atoms with E-state index in [0.29, 0.717) is 0 Å². The lowest BCUT2D eigenvalue weighted by molar-refractivity contribution is 1.15. The van der Waals surface area contributed by atoms with Crippen molar-refractivity contribution in [2.24, 2.45) is 0 Å². The van der Waals surface area contributed by atoms with Crippen molar-refractivity contribution in [2.75, 3.05) is 9.80 Å². The van der Waals surface area contributed by atoms with Crippen LogP contribution in [0.1, 0.15) is 0 Å². The van der Waals surface area contributed by atoms with Crippen molar-refractivity contribution < 1.29 is 0 Å². The van der Waals surface area contributed by atoms with E-state index in [4.69, 9.17) is 0 Å². The SMILES string of the molecule is c1ccc(N(c2ccc(-n3c4ccccc4c4c5c6ccccc6ccc5c5ccccc5c43)cc2)c2ccc3ccccc3c2)cc1.c1ccc(N(c2ccc(-n3c4ccccc4c4c5c6ccccc6ccc5c5ccccc5c43)cc2)c2ccc3ccccc3c2)cc1.c1ccc2c(c1)ccc1c3ccccc3c3c(c4ccccc4n3-c3ccc(-n4c5ccccc5c5ccccc54)cc3)c21. The summed E-state index contributed by atoms with van der Waals surface area (Å²) in [5, 5.41) is 38.4. The smallest absolute Gasteiger partial charge is 0.0626 e. The molecule has 0 saturated heterocycles. The summed E-state index contributed by atoms with van der Waals surface area (Å²) in [5.41, 5.74) is 21.2. The molecule has 4 heterocycles. The highest BCUT2D eigenvalue weighted by Crippen LogP contribution is 2.51. The minimum Gasteiger partial charge on any atom is -0.310 e. The number of para-hydroxylation sites is 7. The molecule has 26 aromatic carbocycles. The largest absolute Gasteiger partial charge is 0.310 e. The minimum atomic E-state index is 1.11. The van der Waals surface area contributed by atoms with Crippen LogP contribution in [-0.4, -0.2) is 18.3 Å². The lowest BCUT2D eigenvalue weighted by Crippen LogP contribution is -2.10. The Labute approximate surface area is 806 Å². The molecule has 6 heteroatoms. The molecule has 6 nitrogen and oxygen atoms in total. The number of hydrogen-bond donors (Lipinski definition) is 0. The number of benzene rings is 26. The Bertz CT molecular complexity index is 9830. The van der Waals surface area contributed by atoms with Gasteiger partial charge < -0.3 is 28.1 Å². The fourth-order valence-electron chi connectivity index (χ4n) is 23.3. The second-order valence-electron chi connectivity index (χ2n) is 36.8. The van der Waals surface area contributed by atoms with Gasteiger partial charge in [0.05, 0.1) is 44.1 Å². The fraction of sp³-hybridized carbons (Fsp3) is 0. The van der Waals surface area contributed by atoms with E-state index >= 15 is 0 Å². The van der Waals surface area contributed by atoms with Gasteiger partial charge in [-0.15, -0.1) is 0 Å². The van der Waals surface area contributed by atoms with Crippen LogP contribution in [0, 0.1) is 0 Å². The van der Waals surface area contributed by atoms with Crippen molar-refractivity contribution in [1.29, 1.82) is 0 Å². The summed E-state index contributed by atoms with van der Waals surface area (Å²) in [6.07, 6.45) is 0. The molecular formula is C134H86N6. The second kappa shape index (κ2) is 32.6. The Kier molecular flexibility index (Phi) is 18.6. The highest BCUT2D eigenvalue weighted by atomic mass is 15.2. The molecule has 0 spiro atoms. The molecule has 652 valence electrons. The van der Waals surface area contributed by atoms with Crippen molar-refractivity contribution in [3.8, 4) is 22.7 Å². The van der Waals surface area contributed by atoms with Gasteiger partial charge in [-0.25, -0.2) is 0 Å². The molecule has 0 unspecified atom stereocenters.